The Hall–Kier alpha value is 0.250. The van der Waals surface area contributed by atoms with E-state index in [1.165, 1.54) is 44.9 Å². The first-order valence-corrected chi connectivity index (χ1v) is 6.50. The Morgan fingerprint density at radius 3 is 2.07 bits per heavy atom. The number of hydrogen-bond acceptors (Lipinski definition) is 1. The van der Waals surface area contributed by atoms with E-state index in [0.29, 0.717) is 0 Å². The normalized spacial score (nSPS) is 13.1. The van der Waals surface area contributed by atoms with Crippen LogP contribution in [0, 0.1) is 0 Å². The summed E-state index contributed by atoms with van der Waals surface area (Å²) in [6.45, 7) is 4.96. The number of unbranched alkanes of at least 4 members (excludes halogenated alkanes) is 6. The Kier molecular flexibility index (Phi) is 11.5. The van der Waals surface area contributed by atoms with Crippen molar-refractivity contribution in [2.24, 2.45) is 0 Å². The SMILES string of the molecule is CCCCCCCCCC(Cl)OCC. The van der Waals surface area contributed by atoms with Crippen molar-refractivity contribution in [2.75, 3.05) is 6.61 Å². The highest BCUT2D eigenvalue weighted by molar-refractivity contribution is 6.19. The summed E-state index contributed by atoms with van der Waals surface area (Å²) in [4.78, 5) is 0. The predicted molar refractivity (Wildman–Crippen MR) is 63.9 cm³/mol. The van der Waals surface area contributed by atoms with Gasteiger partial charge in [0.1, 0.15) is 5.56 Å². The number of ether oxygens (including phenoxy) is 1. The summed E-state index contributed by atoms with van der Waals surface area (Å²) < 4.78 is 5.25. The van der Waals surface area contributed by atoms with Crippen LogP contribution in [0.3, 0.4) is 0 Å². The topological polar surface area (TPSA) is 9.23 Å². The zero-order valence-electron chi connectivity index (χ0n) is 9.73. The number of rotatable bonds is 10. The van der Waals surface area contributed by atoms with Crippen LogP contribution in [0.2, 0.25) is 0 Å². The Labute approximate surface area is 94.2 Å². The minimum atomic E-state index is -0.0596. The lowest BCUT2D eigenvalue weighted by Crippen LogP contribution is -2.03. The third kappa shape index (κ3) is 10.3. The van der Waals surface area contributed by atoms with Crippen LogP contribution in [0.25, 0.3) is 0 Å². The molecule has 0 aliphatic rings. The maximum atomic E-state index is 5.92. The number of hydrogen-bond donors (Lipinski definition) is 0. The van der Waals surface area contributed by atoms with Gasteiger partial charge in [0.25, 0.3) is 0 Å². The van der Waals surface area contributed by atoms with Crippen molar-refractivity contribution in [3.63, 3.8) is 0 Å². The Morgan fingerprint density at radius 2 is 1.50 bits per heavy atom. The van der Waals surface area contributed by atoms with E-state index in [4.69, 9.17) is 16.3 Å². The molecular formula is C12H25ClO. The molecule has 1 unspecified atom stereocenters. The molecule has 0 saturated carbocycles. The van der Waals surface area contributed by atoms with Gasteiger partial charge in [0, 0.05) is 6.61 Å². The second-order valence-corrected chi connectivity index (χ2v) is 4.26. The monoisotopic (exact) mass is 220 g/mol. The lowest BCUT2D eigenvalue weighted by Gasteiger charge is -2.08. The minimum absolute atomic E-state index is 0.0596. The summed E-state index contributed by atoms with van der Waals surface area (Å²) in [5.74, 6) is 0. The lowest BCUT2D eigenvalue weighted by molar-refractivity contribution is 0.112. The van der Waals surface area contributed by atoms with Crippen LogP contribution in [0.15, 0.2) is 0 Å². The molecule has 0 amide bonds. The van der Waals surface area contributed by atoms with Crippen LogP contribution < -0.4 is 0 Å². The number of alkyl halides is 1. The molecule has 0 aromatic heterocycles. The zero-order chi connectivity index (χ0) is 10.6. The van der Waals surface area contributed by atoms with Crippen LogP contribution in [0.5, 0.6) is 0 Å². The molecule has 0 radical (unpaired) electrons. The average Bonchev–Trinajstić information content (AvgIpc) is 2.17. The average molecular weight is 221 g/mol. The molecule has 0 aromatic carbocycles. The summed E-state index contributed by atoms with van der Waals surface area (Å²) >= 11 is 5.92. The van der Waals surface area contributed by atoms with Crippen LogP contribution >= 0.6 is 11.6 Å². The van der Waals surface area contributed by atoms with Gasteiger partial charge in [0.05, 0.1) is 0 Å². The molecule has 1 nitrogen and oxygen atoms in total. The molecule has 0 fully saturated rings. The van der Waals surface area contributed by atoms with Gasteiger partial charge < -0.3 is 4.74 Å². The largest absolute Gasteiger partial charge is 0.363 e. The van der Waals surface area contributed by atoms with Crippen molar-refractivity contribution in [3.05, 3.63) is 0 Å². The Balaban J connectivity index is 2.98. The van der Waals surface area contributed by atoms with Gasteiger partial charge in [-0.05, 0) is 19.8 Å². The standard InChI is InChI=1S/C12H25ClO/c1-3-5-6-7-8-9-10-11-12(13)14-4-2/h12H,3-11H2,1-2H3. The molecule has 0 N–H and O–H groups in total. The Morgan fingerprint density at radius 1 is 0.929 bits per heavy atom. The summed E-state index contributed by atoms with van der Waals surface area (Å²) in [6.07, 6.45) is 10.4. The van der Waals surface area contributed by atoms with Crippen molar-refractivity contribution in [1.82, 2.24) is 0 Å². The van der Waals surface area contributed by atoms with Gasteiger partial charge in [-0.2, -0.15) is 0 Å². The van der Waals surface area contributed by atoms with Gasteiger partial charge >= 0.3 is 0 Å². The molecule has 0 spiro atoms. The summed E-state index contributed by atoms with van der Waals surface area (Å²) in [5.41, 5.74) is -0.0596. The van der Waals surface area contributed by atoms with E-state index in [9.17, 15) is 0 Å². The van der Waals surface area contributed by atoms with E-state index in [1.807, 2.05) is 6.92 Å². The van der Waals surface area contributed by atoms with E-state index in [-0.39, 0.29) is 5.56 Å². The maximum Gasteiger partial charge on any atom is 0.131 e. The second-order valence-electron chi connectivity index (χ2n) is 3.78. The van der Waals surface area contributed by atoms with Crippen LogP contribution in [0.4, 0.5) is 0 Å². The number of halogens is 1. The minimum Gasteiger partial charge on any atom is -0.363 e. The van der Waals surface area contributed by atoms with E-state index in [0.717, 1.165) is 13.0 Å². The fourth-order valence-corrected chi connectivity index (χ4v) is 1.81. The van der Waals surface area contributed by atoms with Crippen LogP contribution in [-0.4, -0.2) is 12.2 Å². The third-order valence-corrected chi connectivity index (χ3v) is 2.73. The van der Waals surface area contributed by atoms with Gasteiger partial charge in [-0.25, -0.2) is 0 Å². The molecule has 0 bridgehead atoms. The molecule has 0 aromatic rings. The van der Waals surface area contributed by atoms with Gasteiger partial charge in [-0.15, -0.1) is 0 Å². The van der Waals surface area contributed by atoms with Gasteiger partial charge in [0.2, 0.25) is 0 Å². The van der Waals surface area contributed by atoms with E-state index in [1.54, 1.807) is 0 Å². The fraction of sp³-hybridized carbons (Fsp3) is 1.00. The van der Waals surface area contributed by atoms with E-state index >= 15 is 0 Å². The van der Waals surface area contributed by atoms with E-state index in [2.05, 4.69) is 6.92 Å². The molecule has 0 rings (SSSR count). The van der Waals surface area contributed by atoms with E-state index < -0.39 is 0 Å². The smallest absolute Gasteiger partial charge is 0.131 e. The fourth-order valence-electron chi connectivity index (χ4n) is 1.53. The molecule has 1 atom stereocenters. The highest BCUT2D eigenvalue weighted by atomic mass is 35.5. The summed E-state index contributed by atoms with van der Waals surface area (Å²) in [7, 11) is 0. The summed E-state index contributed by atoms with van der Waals surface area (Å²) in [5, 5.41) is 0. The molecule has 86 valence electrons. The molecule has 0 aliphatic heterocycles. The first-order valence-electron chi connectivity index (χ1n) is 6.07. The zero-order valence-corrected chi connectivity index (χ0v) is 10.5. The second kappa shape index (κ2) is 11.3. The quantitative estimate of drug-likeness (QED) is 0.382. The van der Waals surface area contributed by atoms with Crippen molar-refractivity contribution in [1.29, 1.82) is 0 Å². The van der Waals surface area contributed by atoms with Gasteiger partial charge in [-0.1, -0.05) is 57.0 Å². The van der Waals surface area contributed by atoms with Crippen molar-refractivity contribution in [3.8, 4) is 0 Å². The third-order valence-electron chi connectivity index (χ3n) is 2.38. The highest BCUT2D eigenvalue weighted by Gasteiger charge is 2.01. The maximum absolute atomic E-state index is 5.92. The van der Waals surface area contributed by atoms with Crippen molar-refractivity contribution >= 4 is 11.6 Å². The molecule has 0 heterocycles. The predicted octanol–water partition coefficient (Wildman–Crippen LogP) is 4.73. The molecule has 14 heavy (non-hydrogen) atoms. The lowest BCUT2D eigenvalue weighted by atomic mass is 10.1. The first-order chi connectivity index (χ1) is 6.81. The van der Waals surface area contributed by atoms with Crippen LogP contribution in [-0.2, 0) is 4.74 Å². The molecule has 2 heteroatoms. The Bertz CT molecular complexity index is 106. The van der Waals surface area contributed by atoms with Crippen LogP contribution in [0.1, 0.15) is 65.2 Å². The van der Waals surface area contributed by atoms with Gasteiger partial charge in [-0.3, -0.25) is 0 Å². The van der Waals surface area contributed by atoms with Crippen molar-refractivity contribution in [2.45, 2.75) is 70.8 Å². The van der Waals surface area contributed by atoms with Crippen molar-refractivity contribution < 1.29 is 4.74 Å². The highest BCUT2D eigenvalue weighted by Crippen LogP contribution is 2.12. The molecule has 0 saturated heterocycles. The van der Waals surface area contributed by atoms with Gasteiger partial charge in [0.15, 0.2) is 0 Å². The molecular weight excluding hydrogens is 196 g/mol. The first kappa shape index (κ1) is 14.2. The molecule has 0 aliphatic carbocycles. The summed E-state index contributed by atoms with van der Waals surface area (Å²) in [6, 6.07) is 0.